The van der Waals surface area contributed by atoms with Gasteiger partial charge >= 0.3 is 23.8 Å². The Bertz CT molecular complexity index is 1380. The molecule has 3 aromatic rings. The maximum Gasteiger partial charge on any atom is 0.407 e. The number of fused-ring (bicyclic) bond motifs is 1. The van der Waals surface area contributed by atoms with Gasteiger partial charge in [-0.2, -0.15) is 0 Å². The molecule has 1 aliphatic heterocycles. The summed E-state index contributed by atoms with van der Waals surface area (Å²) in [5.74, 6) is -2.10. The Kier molecular flexibility index (Phi) is 8.32. The van der Waals surface area contributed by atoms with E-state index in [0.717, 1.165) is 5.56 Å². The molecule has 210 valence electrons. The summed E-state index contributed by atoms with van der Waals surface area (Å²) in [6.45, 7) is 7.79. The summed E-state index contributed by atoms with van der Waals surface area (Å²) < 4.78 is 17.7. The molecule has 0 radical (unpaired) electrons. The number of aromatic carboxylic acids is 1. The van der Waals surface area contributed by atoms with Crippen molar-refractivity contribution in [3.05, 3.63) is 89.5 Å². The van der Waals surface area contributed by atoms with Crippen molar-refractivity contribution in [1.29, 1.82) is 0 Å². The number of rotatable bonds is 9. The lowest BCUT2D eigenvalue weighted by Gasteiger charge is -2.41. The number of ether oxygens (including phenoxy) is 3. The molecular formula is C31H34N2O7. The summed E-state index contributed by atoms with van der Waals surface area (Å²) in [6, 6.07) is 21.0. The van der Waals surface area contributed by atoms with Crippen LogP contribution in [-0.2, 0) is 22.5 Å². The zero-order valence-electron chi connectivity index (χ0n) is 23.1. The molecule has 1 unspecified atom stereocenters. The Morgan fingerprint density at radius 3 is 2.40 bits per heavy atom. The molecule has 0 saturated carbocycles. The van der Waals surface area contributed by atoms with Crippen LogP contribution in [0.2, 0.25) is 0 Å². The Labute approximate surface area is 233 Å². The molecule has 0 saturated heterocycles. The standard InChI is InChI=1S/C31H34N2O7/c1-5-31(38-24-15-13-21(14-16-24)17-18-32-29(37)40-30(2,3)4)28(36)33(25-11-6-7-12-26(25)39-31)20-22-9-8-10-23(19-22)27(34)35/h6-16,19H,5,17-18,20H2,1-4H3,(H,32,37)(H,34,35). The molecule has 40 heavy (non-hydrogen) atoms. The van der Waals surface area contributed by atoms with Gasteiger partial charge in [-0.05, 0) is 74.7 Å². The first-order valence-corrected chi connectivity index (χ1v) is 13.2. The predicted octanol–water partition coefficient (Wildman–Crippen LogP) is 5.56. The number of para-hydroxylation sites is 2. The third-order valence-electron chi connectivity index (χ3n) is 6.27. The number of nitrogens with one attached hydrogen (secondary N) is 1. The lowest BCUT2D eigenvalue weighted by atomic mass is 10.0. The number of carboxylic acid groups (broad SMARTS) is 1. The van der Waals surface area contributed by atoms with Gasteiger partial charge in [0.05, 0.1) is 17.8 Å². The molecular weight excluding hydrogens is 512 g/mol. The maximum atomic E-state index is 13.9. The highest BCUT2D eigenvalue weighted by molar-refractivity contribution is 6.02. The first kappa shape index (κ1) is 28.5. The second-order valence-corrected chi connectivity index (χ2v) is 10.5. The molecule has 1 aliphatic rings. The SMILES string of the molecule is CCC1(Oc2ccc(CCNC(=O)OC(C)(C)C)cc2)Oc2ccccc2N(Cc2cccc(C(=O)O)c2)C1=O. The van der Waals surface area contributed by atoms with Crippen LogP contribution in [0.5, 0.6) is 11.5 Å². The molecule has 1 atom stereocenters. The van der Waals surface area contributed by atoms with Gasteiger partial charge in [-0.15, -0.1) is 0 Å². The Balaban J connectivity index is 1.50. The van der Waals surface area contributed by atoms with E-state index in [2.05, 4.69) is 5.32 Å². The van der Waals surface area contributed by atoms with E-state index in [-0.39, 0.29) is 24.4 Å². The maximum absolute atomic E-state index is 13.9. The molecule has 2 amide bonds. The van der Waals surface area contributed by atoms with E-state index in [4.69, 9.17) is 14.2 Å². The normalized spacial score (nSPS) is 16.5. The van der Waals surface area contributed by atoms with Crippen LogP contribution in [0.4, 0.5) is 10.5 Å². The first-order chi connectivity index (χ1) is 19.0. The predicted molar refractivity (Wildman–Crippen MR) is 150 cm³/mol. The highest BCUT2D eigenvalue weighted by atomic mass is 16.7. The highest BCUT2D eigenvalue weighted by Crippen LogP contribution is 2.41. The van der Waals surface area contributed by atoms with Crippen LogP contribution < -0.4 is 19.7 Å². The van der Waals surface area contributed by atoms with Gasteiger partial charge < -0.3 is 24.6 Å². The monoisotopic (exact) mass is 546 g/mol. The molecule has 9 heteroatoms. The summed E-state index contributed by atoms with van der Waals surface area (Å²) in [5.41, 5.74) is 1.80. The lowest BCUT2D eigenvalue weighted by Crippen LogP contribution is -2.59. The molecule has 2 N–H and O–H groups in total. The van der Waals surface area contributed by atoms with Crippen LogP contribution >= 0.6 is 0 Å². The van der Waals surface area contributed by atoms with E-state index in [1.165, 1.54) is 6.07 Å². The van der Waals surface area contributed by atoms with E-state index in [0.29, 0.717) is 35.7 Å². The number of anilines is 1. The number of benzene rings is 3. The van der Waals surface area contributed by atoms with Crippen molar-refractivity contribution >= 4 is 23.7 Å². The number of nitrogens with zero attached hydrogens (tertiary/aromatic N) is 1. The van der Waals surface area contributed by atoms with E-state index in [1.54, 1.807) is 47.4 Å². The fourth-order valence-electron chi connectivity index (χ4n) is 4.34. The van der Waals surface area contributed by atoms with Crippen LogP contribution in [0.1, 0.15) is 55.6 Å². The molecule has 3 aromatic carbocycles. The second-order valence-electron chi connectivity index (χ2n) is 10.5. The molecule has 9 nitrogen and oxygen atoms in total. The Morgan fingerprint density at radius 1 is 1.00 bits per heavy atom. The van der Waals surface area contributed by atoms with Crippen molar-refractivity contribution < 1.29 is 33.7 Å². The number of alkyl carbamates (subject to hydrolysis) is 1. The van der Waals surface area contributed by atoms with E-state index in [1.807, 2.05) is 52.0 Å². The third kappa shape index (κ3) is 6.72. The summed E-state index contributed by atoms with van der Waals surface area (Å²) in [6.07, 6.45) is 0.350. The van der Waals surface area contributed by atoms with Gasteiger partial charge in [0.25, 0.3) is 0 Å². The smallest absolute Gasteiger partial charge is 0.407 e. The number of carboxylic acids is 1. The second kappa shape index (κ2) is 11.7. The van der Waals surface area contributed by atoms with Gasteiger partial charge in [-0.3, -0.25) is 9.69 Å². The third-order valence-corrected chi connectivity index (χ3v) is 6.27. The molecule has 0 aliphatic carbocycles. The Morgan fingerprint density at radius 2 is 1.73 bits per heavy atom. The van der Waals surface area contributed by atoms with E-state index in [9.17, 15) is 19.5 Å². The highest BCUT2D eigenvalue weighted by Gasteiger charge is 2.49. The van der Waals surface area contributed by atoms with Gasteiger partial charge in [0.1, 0.15) is 17.1 Å². The summed E-state index contributed by atoms with van der Waals surface area (Å²) in [5, 5.41) is 12.1. The van der Waals surface area contributed by atoms with Crippen molar-refractivity contribution in [2.75, 3.05) is 11.4 Å². The molecule has 4 rings (SSSR count). The van der Waals surface area contributed by atoms with Gasteiger partial charge in [-0.1, -0.05) is 43.3 Å². The van der Waals surface area contributed by atoms with Crippen molar-refractivity contribution in [3.63, 3.8) is 0 Å². The number of carbonyl (C=O) groups excluding carboxylic acids is 2. The molecule has 0 aromatic heterocycles. The van der Waals surface area contributed by atoms with Gasteiger partial charge in [0.15, 0.2) is 0 Å². The van der Waals surface area contributed by atoms with Crippen LogP contribution in [0.25, 0.3) is 0 Å². The van der Waals surface area contributed by atoms with Crippen molar-refractivity contribution in [2.45, 2.75) is 58.5 Å². The molecule has 0 spiro atoms. The first-order valence-electron chi connectivity index (χ1n) is 13.2. The van der Waals surface area contributed by atoms with Crippen LogP contribution in [0.15, 0.2) is 72.8 Å². The minimum absolute atomic E-state index is 0.144. The number of hydrogen-bond donors (Lipinski definition) is 2. The van der Waals surface area contributed by atoms with E-state index < -0.39 is 23.5 Å². The lowest BCUT2D eigenvalue weighted by molar-refractivity contribution is -0.167. The van der Waals surface area contributed by atoms with Crippen molar-refractivity contribution in [3.8, 4) is 11.5 Å². The largest absolute Gasteiger partial charge is 0.478 e. The average molecular weight is 547 g/mol. The number of amides is 2. The number of carbonyl (C=O) groups is 3. The summed E-state index contributed by atoms with van der Waals surface area (Å²) in [7, 11) is 0. The van der Waals surface area contributed by atoms with Gasteiger partial charge in [-0.25, -0.2) is 9.59 Å². The Hall–Kier alpha value is -4.53. The van der Waals surface area contributed by atoms with Crippen LogP contribution in [0, 0.1) is 0 Å². The zero-order valence-corrected chi connectivity index (χ0v) is 23.1. The minimum Gasteiger partial charge on any atom is -0.478 e. The van der Waals surface area contributed by atoms with E-state index >= 15 is 0 Å². The quantitative estimate of drug-likeness (QED) is 0.361. The average Bonchev–Trinajstić information content (AvgIpc) is 2.91. The number of hydrogen-bond acceptors (Lipinski definition) is 6. The van der Waals surface area contributed by atoms with Gasteiger partial charge in [0.2, 0.25) is 0 Å². The fraction of sp³-hybridized carbons (Fsp3) is 0.323. The minimum atomic E-state index is -1.61. The molecule has 0 bridgehead atoms. The van der Waals surface area contributed by atoms with Crippen molar-refractivity contribution in [1.82, 2.24) is 5.32 Å². The molecule has 0 fully saturated rings. The van der Waals surface area contributed by atoms with Crippen LogP contribution in [0.3, 0.4) is 0 Å². The van der Waals surface area contributed by atoms with Crippen molar-refractivity contribution in [2.24, 2.45) is 0 Å². The zero-order chi connectivity index (χ0) is 28.9. The van der Waals surface area contributed by atoms with Gasteiger partial charge in [0, 0.05) is 13.0 Å². The van der Waals surface area contributed by atoms with Crippen LogP contribution in [-0.4, -0.2) is 41.0 Å². The topological polar surface area (TPSA) is 114 Å². The summed E-state index contributed by atoms with van der Waals surface area (Å²) >= 11 is 0. The summed E-state index contributed by atoms with van der Waals surface area (Å²) in [4.78, 5) is 38.9. The fourth-order valence-corrected chi connectivity index (χ4v) is 4.34. The molecule has 1 heterocycles.